The lowest BCUT2D eigenvalue weighted by molar-refractivity contribution is -0.382. The molecule has 0 saturated heterocycles. The van der Waals surface area contributed by atoms with Crippen LogP contribution in [0, 0.1) is 10.1 Å². The van der Waals surface area contributed by atoms with Gasteiger partial charge in [-0.3, -0.25) is 10.1 Å². The third-order valence-electron chi connectivity index (χ3n) is 1.78. The smallest absolute Gasteiger partial charge is 0.258 e. The van der Waals surface area contributed by atoms with Crippen LogP contribution in [0.4, 0.5) is 5.69 Å². The molecule has 0 N–H and O–H groups in total. The van der Waals surface area contributed by atoms with Gasteiger partial charge in [-0.1, -0.05) is 17.7 Å². The van der Waals surface area contributed by atoms with Gasteiger partial charge in [-0.25, -0.2) is 0 Å². The number of halogens is 2. The highest BCUT2D eigenvalue weighted by atomic mass is 79.9. The number of rotatable bonds is 1. The van der Waals surface area contributed by atoms with Crippen LogP contribution in [0.3, 0.4) is 0 Å². The Morgan fingerprint density at radius 1 is 1.50 bits per heavy atom. The van der Waals surface area contributed by atoms with Crippen LogP contribution >= 0.6 is 38.9 Å². The quantitative estimate of drug-likeness (QED) is 0.583. The third-order valence-corrected chi connectivity index (χ3v) is 4.13. The molecule has 0 fully saturated rings. The zero-order chi connectivity index (χ0) is 10.3. The molecule has 14 heavy (non-hydrogen) atoms. The molecule has 3 nitrogen and oxygen atoms in total. The minimum absolute atomic E-state index is 0.00651. The summed E-state index contributed by atoms with van der Waals surface area (Å²) in [5, 5.41) is 11.3. The predicted octanol–water partition coefficient (Wildman–Crippen LogP) is 4.23. The minimum Gasteiger partial charge on any atom is -0.258 e. The zero-order valence-electron chi connectivity index (χ0n) is 6.66. The standard InChI is InChI=1S/C8H3BrClNO2S/c9-5-3-1-2-4-6(11(12)13)8(10)14-7(4)5/h1-3H. The topological polar surface area (TPSA) is 43.1 Å². The van der Waals surface area contributed by atoms with E-state index < -0.39 is 4.92 Å². The van der Waals surface area contributed by atoms with Gasteiger partial charge in [0.1, 0.15) is 0 Å². The molecule has 0 bridgehead atoms. The van der Waals surface area contributed by atoms with Crippen molar-refractivity contribution in [2.45, 2.75) is 0 Å². The molecule has 0 radical (unpaired) electrons. The molecule has 1 aromatic carbocycles. The van der Waals surface area contributed by atoms with Crippen LogP contribution in [-0.4, -0.2) is 4.92 Å². The molecule has 1 aromatic heterocycles. The molecule has 2 aromatic rings. The molecule has 1 heterocycles. The maximum Gasteiger partial charge on any atom is 0.306 e. The predicted molar refractivity (Wildman–Crippen MR) is 61.2 cm³/mol. The van der Waals surface area contributed by atoms with Crippen molar-refractivity contribution < 1.29 is 4.92 Å². The lowest BCUT2D eigenvalue weighted by atomic mass is 10.2. The zero-order valence-corrected chi connectivity index (χ0v) is 9.82. The largest absolute Gasteiger partial charge is 0.306 e. The van der Waals surface area contributed by atoms with E-state index in [0.717, 1.165) is 9.17 Å². The number of hydrogen-bond donors (Lipinski definition) is 0. The number of nitro groups is 1. The molecule has 0 saturated carbocycles. The normalized spacial score (nSPS) is 10.7. The van der Waals surface area contributed by atoms with Crippen LogP contribution < -0.4 is 0 Å². The van der Waals surface area contributed by atoms with Gasteiger partial charge in [0.2, 0.25) is 0 Å². The van der Waals surface area contributed by atoms with E-state index in [1.54, 1.807) is 12.1 Å². The van der Waals surface area contributed by atoms with Crippen molar-refractivity contribution in [2.24, 2.45) is 0 Å². The molecule has 0 unspecified atom stereocenters. The Balaban J connectivity index is 2.90. The summed E-state index contributed by atoms with van der Waals surface area (Å²) in [6, 6.07) is 5.28. The molecule has 0 amide bonds. The average Bonchev–Trinajstić information content (AvgIpc) is 2.42. The molecule has 0 aliphatic heterocycles. The summed E-state index contributed by atoms with van der Waals surface area (Å²) in [7, 11) is 0. The van der Waals surface area contributed by atoms with Crippen molar-refractivity contribution in [2.75, 3.05) is 0 Å². The summed E-state index contributed by atoms with van der Waals surface area (Å²) < 4.78 is 1.86. The summed E-state index contributed by atoms with van der Waals surface area (Å²) in [4.78, 5) is 10.3. The molecule has 0 spiro atoms. The second-order valence-corrected chi connectivity index (χ2v) is 5.08. The summed E-state index contributed by atoms with van der Waals surface area (Å²) in [5.74, 6) is 0. The molecule has 2 rings (SSSR count). The molecule has 0 atom stereocenters. The van der Waals surface area contributed by atoms with Crippen LogP contribution in [0.5, 0.6) is 0 Å². The van der Waals surface area contributed by atoms with E-state index in [-0.39, 0.29) is 10.0 Å². The Labute approximate surface area is 96.6 Å². The summed E-state index contributed by atoms with van der Waals surface area (Å²) in [6.07, 6.45) is 0. The average molecular weight is 293 g/mol. The van der Waals surface area contributed by atoms with Crippen LogP contribution in [0.15, 0.2) is 22.7 Å². The Bertz CT molecular complexity index is 525. The van der Waals surface area contributed by atoms with Crippen LogP contribution in [0.2, 0.25) is 4.34 Å². The van der Waals surface area contributed by atoms with Crippen molar-refractivity contribution in [1.29, 1.82) is 0 Å². The van der Waals surface area contributed by atoms with Crippen LogP contribution in [0.1, 0.15) is 0 Å². The molecule has 0 aliphatic carbocycles. The fraction of sp³-hybridized carbons (Fsp3) is 0. The first kappa shape index (κ1) is 9.89. The van der Waals surface area contributed by atoms with Gasteiger partial charge in [-0.05, 0) is 28.1 Å². The van der Waals surface area contributed by atoms with Gasteiger partial charge >= 0.3 is 5.69 Å². The second kappa shape index (κ2) is 3.49. The van der Waals surface area contributed by atoms with Gasteiger partial charge in [0, 0.05) is 4.47 Å². The Morgan fingerprint density at radius 2 is 2.21 bits per heavy atom. The summed E-state index contributed by atoms with van der Waals surface area (Å²) in [5.41, 5.74) is -0.00651. The van der Waals surface area contributed by atoms with Crippen molar-refractivity contribution >= 4 is 54.6 Å². The van der Waals surface area contributed by atoms with Gasteiger partial charge in [0.15, 0.2) is 4.34 Å². The van der Waals surface area contributed by atoms with Gasteiger partial charge in [-0.2, -0.15) is 0 Å². The first-order chi connectivity index (χ1) is 6.61. The lowest BCUT2D eigenvalue weighted by Gasteiger charge is -1.91. The van der Waals surface area contributed by atoms with Crippen LogP contribution in [-0.2, 0) is 0 Å². The third kappa shape index (κ3) is 1.41. The first-order valence-corrected chi connectivity index (χ1v) is 5.61. The van der Waals surface area contributed by atoms with Gasteiger partial charge in [-0.15, -0.1) is 11.3 Å². The Kier molecular flexibility index (Phi) is 2.47. The highest BCUT2D eigenvalue weighted by Crippen LogP contribution is 2.43. The SMILES string of the molecule is O=[N+]([O-])c1c(Cl)sc2c(Br)cccc12. The van der Waals surface area contributed by atoms with E-state index in [2.05, 4.69) is 15.9 Å². The molecule has 72 valence electrons. The van der Waals surface area contributed by atoms with Crippen LogP contribution in [0.25, 0.3) is 10.1 Å². The van der Waals surface area contributed by atoms with Gasteiger partial charge < -0.3 is 0 Å². The van der Waals surface area contributed by atoms with Gasteiger partial charge in [0.25, 0.3) is 0 Å². The highest BCUT2D eigenvalue weighted by Gasteiger charge is 2.21. The number of fused-ring (bicyclic) bond motifs is 1. The Hall–Kier alpha value is -0.650. The minimum atomic E-state index is -0.451. The van der Waals surface area contributed by atoms with E-state index in [4.69, 9.17) is 11.6 Å². The van der Waals surface area contributed by atoms with Gasteiger partial charge in [0.05, 0.1) is 15.0 Å². The highest BCUT2D eigenvalue weighted by molar-refractivity contribution is 9.10. The maximum absolute atomic E-state index is 10.7. The molecular formula is C8H3BrClNO2S. The van der Waals surface area contributed by atoms with E-state index in [1.165, 1.54) is 11.3 Å². The lowest BCUT2D eigenvalue weighted by Crippen LogP contribution is -1.85. The first-order valence-electron chi connectivity index (χ1n) is 3.62. The van der Waals surface area contributed by atoms with Crippen molar-refractivity contribution in [3.8, 4) is 0 Å². The Morgan fingerprint density at radius 3 is 2.86 bits per heavy atom. The number of hydrogen-bond acceptors (Lipinski definition) is 3. The van der Waals surface area contributed by atoms with E-state index in [1.807, 2.05) is 6.07 Å². The maximum atomic E-state index is 10.7. The number of nitrogens with zero attached hydrogens (tertiary/aromatic N) is 1. The van der Waals surface area contributed by atoms with Crippen molar-refractivity contribution in [1.82, 2.24) is 0 Å². The van der Waals surface area contributed by atoms with E-state index in [9.17, 15) is 10.1 Å². The monoisotopic (exact) mass is 291 g/mol. The summed E-state index contributed by atoms with van der Waals surface area (Å²) in [6.45, 7) is 0. The molecular weight excluding hydrogens is 290 g/mol. The molecule has 0 aliphatic rings. The number of benzene rings is 1. The molecule has 6 heteroatoms. The van der Waals surface area contributed by atoms with Crippen molar-refractivity contribution in [3.05, 3.63) is 37.1 Å². The fourth-order valence-electron chi connectivity index (χ4n) is 1.21. The fourth-order valence-corrected chi connectivity index (χ4v) is 3.12. The van der Waals surface area contributed by atoms with E-state index in [0.29, 0.717) is 5.39 Å². The number of thiophene rings is 1. The van der Waals surface area contributed by atoms with E-state index >= 15 is 0 Å². The second-order valence-electron chi connectivity index (χ2n) is 2.60. The summed E-state index contributed by atoms with van der Waals surface area (Å²) >= 11 is 10.3. The van der Waals surface area contributed by atoms with Crippen molar-refractivity contribution in [3.63, 3.8) is 0 Å².